The number of carbonyl (C=O) groups is 1. The van der Waals surface area contributed by atoms with Crippen LogP contribution >= 0.6 is 0 Å². The van der Waals surface area contributed by atoms with Gasteiger partial charge in [-0.1, -0.05) is 30.3 Å². The van der Waals surface area contributed by atoms with Crippen LogP contribution in [0.1, 0.15) is 25.0 Å². The first kappa shape index (κ1) is 15.3. The number of benzene rings is 2. The van der Waals surface area contributed by atoms with E-state index in [4.69, 9.17) is 5.73 Å². The minimum atomic E-state index is -1.02. The lowest BCUT2D eigenvalue weighted by molar-refractivity contribution is -0.119. The van der Waals surface area contributed by atoms with Crippen LogP contribution in [-0.4, -0.2) is 28.8 Å². The van der Waals surface area contributed by atoms with Crippen molar-refractivity contribution in [2.45, 2.75) is 25.6 Å². The van der Waals surface area contributed by atoms with Crippen molar-refractivity contribution in [1.29, 1.82) is 0 Å². The molecule has 0 fully saturated rings. The fourth-order valence-corrected chi connectivity index (χ4v) is 2.36. The van der Waals surface area contributed by atoms with Crippen LogP contribution in [0.2, 0.25) is 0 Å². The molecular formula is C16H20N2O3. The zero-order valence-electron chi connectivity index (χ0n) is 11.9. The van der Waals surface area contributed by atoms with E-state index in [9.17, 15) is 15.0 Å². The maximum atomic E-state index is 10.8. The Bertz CT molecular complexity index is 642. The molecule has 2 aromatic carbocycles. The van der Waals surface area contributed by atoms with Crippen LogP contribution in [0.4, 0.5) is 5.69 Å². The Kier molecular flexibility index (Phi) is 4.77. The number of anilines is 1. The van der Waals surface area contributed by atoms with E-state index < -0.39 is 12.2 Å². The van der Waals surface area contributed by atoms with Crippen molar-refractivity contribution < 1.29 is 15.0 Å². The third kappa shape index (κ3) is 3.51. The Morgan fingerprint density at radius 3 is 2.52 bits per heavy atom. The lowest BCUT2D eigenvalue weighted by atomic mass is 9.95. The molecule has 0 radical (unpaired) electrons. The molecule has 0 spiro atoms. The van der Waals surface area contributed by atoms with Gasteiger partial charge in [-0.2, -0.15) is 0 Å². The van der Waals surface area contributed by atoms with Crippen LogP contribution in [0, 0.1) is 0 Å². The number of nitrogens with two attached hydrogens (primary N) is 1. The Morgan fingerprint density at radius 2 is 1.86 bits per heavy atom. The Labute approximate surface area is 123 Å². The summed E-state index contributed by atoms with van der Waals surface area (Å²) in [7, 11) is 0. The smallest absolute Gasteiger partial charge is 0.216 e. The van der Waals surface area contributed by atoms with Gasteiger partial charge in [-0.05, 0) is 23.4 Å². The monoisotopic (exact) mass is 288 g/mol. The number of rotatable bonds is 5. The summed E-state index contributed by atoms with van der Waals surface area (Å²) in [5.74, 6) is -0.158. The molecule has 1 amide bonds. The molecule has 2 unspecified atom stereocenters. The molecule has 2 rings (SSSR count). The lowest BCUT2D eigenvalue weighted by Gasteiger charge is -2.20. The number of amides is 1. The Balaban J connectivity index is 2.21. The molecule has 2 atom stereocenters. The van der Waals surface area contributed by atoms with Gasteiger partial charge in [0.2, 0.25) is 5.91 Å². The largest absolute Gasteiger partial charge is 0.398 e. The highest BCUT2D eigenvalue weighted by Crippen LogP contribution is 2.30. The molecule has 21 heavy (non-hydrogen) atoms. The number of nitrogen functional groups attached to an aromatic ring is 1. The van der Waals surface area contributed by atoms with E-state index in [1.807, 2.05) is 24.3 Å². The maximum absolute atomic E-state index is 10.8. The molecule has 0 aliphatic rings. The van der Waals surface area contributed by atoms with E-state index in [1.54, 1.807) is 12.1 Å². The molecule has 5 N–H and O–H groups in total. The summed E-state index contributed by atoms with van der Waals surface area (Å²) in [6.07, 6.45) is -1.70. The fraction of sp³-hybridized carbons (Fsp3) is 0.312. The molecule has 0 saturated carbocycles. The predicted octanol–water partition coefficient (Wildman–Crippen LogP) is 1.34. The molecule has 0 aromatic heterocycles. The first-order valence-electron chi connectivity index (χ1n) is 6.88. The van der Waals surface area contributed by atoms with Crippen LogP contribution in [0.5, 0.6) is 0 Å². The van der Waals surface area contributed by atoms with E-state index in [2.05, 4.69) is 5.32 Å². The molecule has 5 nitrogen and oxygen atoms in total. The Morgan fingerprint density at radius 1 is 1.19 bits per heavy atom. The van der Waals surface area contributed by atoms with Gasteiger partial charge in [0.15, 0.2) is 0 Å². The normalized spacial score (nSPS) is 13.9. The molecular weight excluding hydrogens is 268 g/mol. The second kappa shape index (κ2) is 6.56. The second-order valence-corrected chi connectivity index (χ2v) is 5.07. The zero-order valence-corrected chi connectivity index (χ0v) is 11.9. The third-order valence-electron chi connectivity index (χ3n) is 3.49. The third-order valence-corrected chi connectivity index (χ3v) is 3.49. The van der Waals surface area contributed by atoms with Crippen molar-refractivity contribution in [2.24, 2.45) is 0 Å². The standard InChI is InChI=1S/C16H20N2O3/c1-10(19)18-9-8-15(20)16(21)13-6-7-14(17)12-5-3-2-4-11(12)13/h2-7,15-16,20-21H,8-9,17H2,1H3,(H,18,19). The number of hydrogen-bond donors (Lipinski definition) is 4. The lowest BCUT2D eigenvalue weighted by Crippen LogP contribution is -2.27. The Hall–Kier alpha value is -2.11. The van der Waals surface area contributed by atoms with Crippen molar-refractivity contribution in [3.63, 3.8) is 0 Å². The summed E-state index contributed by atoms with van der Waals surface area (Å²) in [6, 6.07) is 10.9. The van der Waals surface area contributed by atoms with Crippen molar-refractivity contribution >= 4 is 22.4 Å². The van der Waals surface area contributed by atoms with Crippen LogP contribution < -0.4 is 11.1 Å². The topological polar surface area (TPSA) is 95.6 Å². The second-order valence-electron chi connectivity index (χ2n) is 5.07. The maximum Gasteiger partial charge on any atom is 0.216 e. The van der Waals surface area contributed by atoms with Gasteiger partial charge in [0.1, 0.15) is 6.10 Å². The quantitative estimate of drug-likeness (QED) is 0.624. The van der Waals surface area contributed by atoms with E-state index in [0.29, 0.717) is 17.8 Å². The number of aliphatic hydroxyl groups is 2. The first-order chi connectivity index (χ1) is 10.0. The molecule has 0 saturated heterocycles. The molecule has 0 heterocycles. The summed E-state index contributed by atoms with van der Waals surface area (Å²) in [4.78, 5) is 10.8. The van der Waals surface area contributed by atoms with E-state index in [1.165, 1.54) is 6.92 Å². The van der Waals surface area contributed by atoms with Gasteiger partial charge in [0.05, 0.1) is 6.10 Å². The van der Waals surface area contributed by atoms with Gasteiger partial charge in [-0.25, -0.2) is 0 Å². The number of nitrogens with one attached hydrogen (secondary N) is 1. The van der Waals surface area contributed by atoms with Crippen molar-refractivity contribution in [3.05, 3.63) is 42.0 Å². The van der Waals surface area contributed by atoms with Gasteiger partial charge in [-0.15, -0.1) is 0 Å². The summed E-state index contributed by atoms with van der Waals surface area (Å²) in [6.45, 7) is 1.73. The van der Waals surface area contributed by atoms with Gasteiger partial charge >= 0.3 is 0 Å². The number of aliphatic hydroxyl groups excluding tert-OH is 2. The number of fused-ring (bicyclic) bond motifs is 1. The van der Waals surface area contributed by atoms with E-state index >= 15 is 0 Å². The average Bonchev–Trinajstić information content (AvgIpc) is 2.47. The van der Waals surface area contributed by atoms with E-state index in [0.717, 1.165) is 10.8 Å². The SMILES string of the molecule is CC(=O)NCCC(O)C(O)c1ccc(N)c2ccccc12. The van der Waals surface area contributed by atoms with Gasteiger partial charge in [0.25, 0.3) is 0 Å². The van der Waals surface area contributed by atoms with Crippen LogP contribution in [0.3, 0.4) is 0 Å². The van der Waals surface area contributed by atoms with Crippen LogP contribution in [0.15, 0.2) is 36.4 Å². The molecule has 2 aromatic rings. The van der Waals surface area contributed by atoms with E-state index in [-0.39, 0.29) is 12.3 Å². The van der Waals surface area contributed by atoms with Crippen molar-refractivity contribution in [1.82, 2.24) is 5.32 Å². The number of hydrogen-bond acceptors (Lipinski definition) is 4. The minimum Gasteiger partial charge on any atom is -0.398 e. The van der Waals surface area contributed by atoms with Gasteiger partial charge < -0.3 is 21.3 Å². The molecule has 0 aliphatic carbocycles. The summed E-state index contributed by atoms with van der Waals surface area (Å²) < 4.78 is 0. The van der Waals surface area contributed by atoms with Crippen molar-refractivity contribution in [2.75, 3.05) is 12.3 Å². The summed E-state index contributed by atoms with van der Waals surface area (Å²) in [5.41, 5.74) is 7.19. The van der Waals surface area contributed by atoms with Gasteiger partial charge in [-0.3, -0.25) is 4.79 Å². The summed E-state index contributed by atoms with van der Waals surface area (Å²) >= 11 is 0. The highest BCUT2D eigenvalue weighted by atomic mass is 16.3. The van der Waals surface area contributed by atoms with Crippen LogP contribution in [0.25, 0.3) is 10.8 Å². The predicted molar refractivity (Wildman–Crippen MR) is 82.6 cm³/mol. The molecule has 112 valence electrons. The average molecular weight is 288 g/mol. The first-order valence-corrected chi connectivity index (χ1v) is 6.88. The highest BCUT2D eigenvalue weighted by Gasteiger charge is 2.20. The molecule has 0 aliphatic heterocycles. The minimum absolute atomic E-state index is 0.158. The zero-order chi connectivity index (χ0) is 15.4. The number of carbonyl (C=O) groups excluding carboxylic acids is 1. The van der Waals surface area contributed by atoms with Crippen LogP contribution in [-0.2, 0) is 4.79 Å². The molecule has 5 heteroatoms. The fourth-order valence-electron chi connectivity index (χ4n) is 2.36. The van der Waals surface area contributed by atoms with Crippen molar-refractivity contribution in [3.8, 4) is 0 Å². The highest BCUT2D eigenvalue weighted by molar-refractivity contribution is 5.95. The molecule has 0 bridgehead atoms. The van der Waals surface area contributed by atoms with Gasteiger partial charge in [0, 0.05) is 24.5 Å². The summed E-state index contributed by atoms with van der Waals surface area (Å²) in [5, 5.41) is 24.7.